The number of hydrazone groups is 1. The molecule has 0 saturated heterocycles. The third kappa shape index (κ3) is 5.82. The molecule has 8 nitrogen and oxygen atoms in total. The molecule has 0 radical (unpaired) electrons. The van der Waals surface area contributed by atoms with E-state index >= 15 is 0 Å². The van der Waals surface area contributed by atoms with Gasteiger partial charge in [0.15, 0.2) is 6.61 Å². The molecule has 0 bridgehead atoms. The summed E-state index contributed by atoms with van der Waals surface area (Å²) in [6, 6.07) is 10.0. The van der Waals surface area contributed by atoms with E-state index in [0.29, 0.717) is 11.3 Å². The molecule has 0 aliphatic carbocycles. The van der Waals surface area contributed by atoms with Crippen LogP contribution >= 0.6 is 11.6 Å². The first-order chi connectivity index (χ1) is 13.3. The topological polar surface area (TPSA) is 117 Å². The maximum Gasteiger partial charge on any atom is 0.341 e. The predicted molar refractivity (Wildman–Crippen MR) is 105 cm³/mol. The third-order valence-corrected chi connectivity index (χ3v) is 3.91. The quantitative estimate of drug-likeness (QED) is 0.389. The zero-order chi connectivity index (χ0) is 20.7. The Labute approximate surface area is 166 Å². The minimum atomic E-state index is -1.12. The Bertz CT molecular complexity index is 923. The fraction of sp³-hybridized carbons (Fsp3) is 0.158. The van der Waals surface area contributed by atoms with Crippen LogP contribution in [0.5, 0.6) is 5.75 Å². The van der Waals surface area contributed by atoms with E-state index in [4.69, 9.17) is 21.4 Å². The molecule has 0 aliphatic heterocycles. The molecule has 0 saturated carbocycles. The molecule has 0 aromatic heterocycles. The number of aliphatic carboxylic acids is 1. The summed E-state index contributed by atoms with van der Waals surface area (Å²) in [5.74, 6) is -2.68. The number of hydrogen-bond acceptors (Lipinski definition) is 5. The number of benzene rings is 2. The molecular weight excluding hydrogens is 386 g/mol. The summed E-state index contributed by atoms with van der Waals surface area (Å²) >= 11 is 5.99. The molecule has 0 spiro atoms. The Morgan fingerprint density at radius 1 is 1.14 bits per heavy atom. The number of aryl methyl sites for hydroxylation is 2. The van der Waals surface area contributed by atoms with Crippen molar-refractivity contribution in [3.8, 4) is 5.75 Å². The van der Waals surface area contributed by atoms with Gasteiger partial charge in [-0.05, 0) is 48.7 Å². The molecule has 9 heteroatoms. The molecule has 2 rings (SSSR count). The van der Waals surface area contributed by atoms with Gasteiger partial charge in [-0.2, -0.15) is 5.10 Å². The van der Waals surface area contributed by atoms with Gasteiger partial charge in [0, 0.05) is 5.69 Å². The number of halogens is 1. The maximum atomic E-state index is 12.0. The minimum absolute atomic E-state index is 0.185. The second kappa shape index (κ2) is 9.52. The maximum absolute atomic E-state index is 12.0. The number of para-hydroxylation sites is 1. The number of hydrogen-bond donors (Lipinski definition) is 3. The molecule has 3 N–H and O–H groups in total. The summed E-state index contributed by atoms with van der Waals surface area (Å²) in [4.78, 5) is 34.4. The predicted octanol–water partition coefficient (Wildman–Crippen LogP) is 2.51. The smallest absolute Gasteiger partial charge is 0.341 e. The Morgan fingerprint density at radius 2 is 1.82 bits per heavy atom. The van der Waals surface area contributed by atoms with Crippen LogP contribution in [0.25, 0.3) is 0 Å². The highest BCUT2D eigenvalue weighted by Gasteiger charge is 2.15. The molecule has 0 heterocycles. The fourth-order valence-corrected chi connectivity index (χ4v) is 2.50. The van der Waals surface area contributed by atoms with Gasteiger partial charge < -0.3 is 15.2 Å². The Kier molecular flexibility index (Phi) is 7.11. The van der Waals surface area contributed by atoms with Crippen molar-refractivity contribution in [2.45, 2.75) is 13.8 Å². The number of nitrogens with one attached hydrogen (secondary N) is 2. The summed E-state index contributed by atoms with van der Waals surface area (Å²) in [7, 11) is 0. The lowest BCUT2D eigenvalue weighted by Gasteiger charge is -2.10. The Hall–Kier alpha value is -3.39. The molecule has 146 valence electrons. The van der Waals surface area contributed by atoms with E-state index in [9.17, 15) is 14.4 Å². The van der Waals surface area contributed by atoms with Crippen LogP contribution in [-0.2, 0) is 14.4 Å². The molecule has 0 aliphatic rings. The molecular formula is C19H18ClN3O5. The van der Waals surface area contributed by atoms with Crippen molar-refractivity contribution in [1.82, 2.24) is 5.43 Å². The van der Waals surface area contributed by atoms with E-state index in [1.54, 1.807) is 6.07 Å². The van der Waals surface area contributed by atoms with Gasteiger partial charge in [-0.3, -0.25) is 9.59 Å². The standard InChI is InChI=1S/C19H18ClN3O5/c1-11-4-3-5-12(2)17(11)22-18(26)19(27)23-21-9-13-6-7-15(14(20)8-13)28-10-16(24)25/h3-9H,10H2,1-2H3,(H,22,26)(H,23,27)(H,24,25)/b21-9-. The van der Waals surface area contributed by atoms with Gasteiger partial charge in [0.05, 0.1) is 11.2 Å². The lowest BCUT2D eigenvalue weighted by molar-refractivity contribution is -0.139. The first-order valence-electron chi connectivity index (χ1n) is 8.12. The molecule has 2 aromatic rings. The monoisotopic (exact) mass is 403 g/mol. The second-order valence-electron chi connectivity index (χ2n) is 5.79. The van der Waals surface area contributed by atoms with E-state index in [1.807, 2.05) is 32.0 Å². The number of rotatable bonds is 6. The lowest BCUT2D eigenvalue weighted by Crippen LogP contribution is -2.32. The van der Waals surface area contributed by atoms with Crippen molar-refractivity contribution in [3.05, 3.63) is 58.1 Å². The van der Waals surface area contributed by atoms with Crippen molar-refractivity contribution in [1.29, 1.82) is 0 Å². The summed E-state index contributed by atoms with van der Waals surface area (Å²) in [6.07, 6.45) is 1.29. The van der Waals surface area contributed by atoms with Crippen molar-refractivity contribution in [2.75, 3.05) is 11.9 Å². The van der Waals surface area contributed by atoms with Gasteiger partial charge in [0.1, 0.15) is 5.75 Å². The molecule has 2 amide bonds. The first kappa shape index (κ1) is 20.9. The molecule has 0 unspecified atom stereocenters. The zero-order valence-electron chi connectivity index (χ0n) is 15.2. The van der Waals surface area contributed by atoms with Crippen LogP contribution in [0, 0.1) is 13.8 Å². The highest BCUT2D eigenvalue weighted by molar-refractivity contribution is 6.39. The van der Waals surface area contributed by atoms with Gasteiger partial charge in [0.25, 0.3) is 0 Å². The van der Waals surface area contributed by atoms with Gasteiger partial charge in [-0.25, -0.2) is 10.2 Å². The van der Waals surface area contributed by atoms with E-state index < -0.39 is 24.4 Å². The van der Waals surface area contributed by atoms with Crippen LogP contribution in [0.15, 0.2) is 41.5 Å². The minimum Gasteiger partial charge on any atom is -0.480 e. The number of nitrogens with zero attached hydrogens (tertiary/aromatic N) is 1. The number of ether oxygens (including phenoxy) is 1. The van der Waals surface area contributed by atoms with Crippen molar-refractivity contribution >= 4 is 41.3 Å². The highest BCUT2D eigenvalue weighted by Crippen LogP contribution is 2.24. The van der Waals surface area contributed by atoms with Gasteiger partial charge in [-0.1, -0.05) is 29.8 Å². The van der Waals surface area contributed by atoms with E-state index in [-0.39, 0.29) is 10.8 Å². The lowest BCUT2D eigenvalue weighted by atomic mass is 10.1. The number of carboxylic acid groups (broad SMARTS) is 1. The van der Waals surface area contributed by atoms with Gasteiger partial charge in [0.2, 0.25) is 0 Å². The van der Waals surface area contributed by atoms with Crippen LogP contribution in [0.2, 0.25) is 5.02 Å². The van der Waals surface area contributed by atoms with Crippen LogP contribution in [0.1, 0.15) is 16.7 Å². The highest BCUT2D eigenvalue weighted by atomic mass is 35.5. The van der Waals surface area contributed by atoms with Crippen LogP contribution in [0.4, 0.5) is 5.69 Å². The Balaban J connectivity index is 1.94. The molecule has 0 atom stereocenters. The van der Waals surface area contributed by atoms with E-state index in [1.165, 1.54) is 18.3 Å². The van der Waals surface area contributed by atoms with Gasteiger partial charge >= 0.3 is 17.8 Å². The molecule has 28 heavy (non-hydrogen) atoms. The summed E-state index contributed by atoms with van der Waals surface area (Å²) in [5.41, 5.74) is 4.90. The van der Waals surface area contributed by atoms with E-state index in [0.717, 1.165) is 11.1 Å². The fourth-order valence-electron chi connectivity index (χ4n) is 2.25. The largest absolute Gasteiger partial charge is 0.480 e. The SMILES string of the molecule is Cc1cccc(C)c1NC(=O)C(=O)N/N=C\c1ccc(OCC(=O)O)c(Cl)c1. The number of anilines is 1. The molecule has 0 fully saturated rings. The summed E-state index contributed by atoms with van der Waals surface area (Å²) < 4.78 is 5.00. The number of carboxylic acids is 1. The summed E-state index contributed by atoms with van der Waals surface area (Å²) in [5, 5.41) is 15.1. The van der Waals surface area contributed by atoms with Crippen LogP contribution < -0.4 is 15.5 Å². The number of carbonyl (C=O) groups is 3. The van der Waals surface area contributed by atoms with Crippen LogP contribution in [0.3, 0.4) is 0 Å². The molecule has 2 aromatic carbocycles. The summed E-state index contributed by atoms with van der Waals surface area (Å²) in [6.45, 7) is 3.14. The van der Waals surface area contributed by atoms with Crippen molar-refractivity contribution in [2.24, 2.45) is 5.10 Å². The number of amides is 2. The van der Waals surface area contributed by atoms with Crippen molar-refractivity contribution in [3.63, 3.8) is 0 Å². The van der Waals surface area contributed by atoms with Crippen molar-refractivity contribution < 1.29 is 24.2 Å². The third-order valence-electron chi connectivity index (χ3n) is 3.61. The van der Waals surface area contributed by atoms with Crippen LogP contribution in [-0.4, -0.2) is 35.7 Å². The average molecular weight is 404 g/mol. The van der Waals surface area contributed by atoms with Gasteiger partial charge in [-0.15, -0.1) is 0 Å². The normalized spacial score (nSPS) is 10.5. The van der Waals surface area contributed by atoms with E-state index in [2.05, 4.69) is 15.8 Å². The average Bonchev–Trinajstić information content (AvgIpc) is 2.63. The Morgan fingerprint density at radius 3 is 2.43 bits per heavy atom. The second-order valence-corrected chi connectivity index (χ2v) is 6.20. The first-order valence-corrected chi connectivity index (χ1v) is 8.50. The zero-order valence-corrected chi connectivity index (χ0v) is 15.9. The number of carbonyl (C=O) groups excluding carboxylic acids is 2.